The Labute approximate surface area is 150 Å². The molecule has 0 unspecified atom stereocenters. The van der Waals surface area contributed by atoms with Gasteiger partial charge in [0.1, 0.15) is 10.7 Å². The molecule has 0 aliphatic carbocycles. The molecule has 0 atom stereocenters. The number of aryl methyl sites for hydroxylation is 1. The molecule has 0 aliphatic rings. The van der Waals surface area contributed by atoms with Gasteiger partial charge in [-0.3, -0.25) is 4.79 Å². The molecular weight excluding hydrogens is 377 g/mol. The first-order valence-electron chi connectivity index (χ1n) is 7.34. The van der Waals surface area contributed by atoms with Crippen LogP contribution in [0.1, 0.15) is 35.7 Å². The van der Waals surface area contributed by atoms with Gasteiger partial charge in [0.25, 0.3) is 5.91 Å². The normalized spacial score (nSPS) is 12.3. The second-order valence-electron chi connectivity index (χ2n) is 5.21. The van der Waals surface area contributed by atoms with Crippen LogP contribution >= 0.6 is 11.6 Å². The molecule has 0 bridgehead atoms. The molecular formula is C15H14ClF3N4O3. The van der Waals surface area contributed by atoms with Gasteiger partial charge in [-0.2, -0.15) is 18.3 Å². The van der Waals surface area contributed by atoms with Crippen LogP contribution in [0.5, 0.6) is 0 Å². The van der Waals surface area contributed by atoms with Crippen molar-refractivity contribution < 1.29 is 27.5 Å². The molecule has 2 aromatic rings. The number of carbonyl (C=O) groups is 2. The molecule has 2 aromatic heterocycles. The molecule has 140 valence electrons. The lowest BCUT2D eigenvalue weighted by Crippen LogP contribution is -2.23. The molecule has 26 heavy (non-hydrogen) atoms. The van der Waals surface area contributed by atoms with Gasteiger partial charge in [0.15, 0.2) is 11.3 Å². The summed E-state index contributed by atoms with van der Waals surface area (Å²) in [5, 5.41) is 5.61. The maximum atomic E-state index is 13.2. The topological polar surface area (TPSA) is 85.6 Å². The third kappa shape index (κ3) is 4.13. The van der Waals surface area contributed by atoms with Crippen molar-refractivity contribution >= 4 is 29.1 Å². The van der Waals surface area contributed by atoms with E-state index in [9.17, 15) is 22.8 Å². The van der Waals surface area contributed by atoms with Crippen molar-refractivity contribution in [2.24, 2.45) is 0 Å². The number of alkyl halides is 3. The van der Waals surface area contributed by atoms with Crippen molar-refractivity contribution in [2.45, 2.75) is 26.9 Å². The number of hydrogen-bond donors (Lipinski definition) is 1. The lowest BCUT2D eigenvalue weighted by Gasteiger charge is -2.09. The predicted molar refractivity (Wildman–Crippen MR) is 85.6 cm³/mol. The Hall–Kier alpha value is -2.62. The van der Waals surface area contributed by atoms with Gasteiger partial charge in [0, 0.05) is 17.5 Å². The minimum absolute atomic E-state index is 0.0666. The van der Waals surface area contributed by atoms with E-state index in [0.717, 1.165) is 12.1 Å². The smallest absolute Gasteiger partial charge is 0.433 e. The monoisotopic (exact) mass is 390 g/mol. The summed E-state index contributed by atoms with van der Waals surface area (Å²) in [6.07, 6.45) is -3.69. The highest BCUT2D eigenvalue weighted by Crippen LogP contribution is 2.32. The number of rotatable bonds is 4. The fourth-order valence-electron chi connectivity index (χ4n) is 2.09. The Morgan fingerprint density at radius 3 is 2.65 bits per heavy atom. The summed E-state index contributed by atoms with van der Waals surface area (Å²) in [5.74, 6) is -1.56. The number of hydrogen-bond acceptors (Lipinski definition) is 5. The van der Waals surface area contributed by atoms with Gasteiger partial charge in [0.2, 0.25) is 0 Å². The molecule has 0 spiro atoms. The SMILES string of the molecule is CCOC(=O)/C=C(\C)NC(=O)c1nn2c(C(F)(F)F)cc(C)nc2c1Cl. The van der Waals surface area contributed by atoms with E-state index in [1.54, 1.807) is 6.92 Å². The first kappa shape index (κ1) is 19.7. The second kappa shape index (κ2) is 7.32. The molecule has 0 aromatic carbocycles. The van der Waals surface area contributed by atoms with Gasteiger partial charge in [-0.15, -0.1) is 0 Å². The van der Waals surface area contributed by atoms with Gasteiger partial charge in [-0.1, -0.05) is 11.6 Å². The minimum atomic E-state index is -4.71. The van der Waals surface area contributed by atoms with Crippen molar-refractivity contribution in [1.82, 2.24) is 19.9 Å². The van der Waals surface area contributed by atoms with E-state index in [2.05, 4.69) is 15.4 Å². The zero-order valence-electron chi connectivity index (χ0n) is 13.9. The quantitative estimate of drug-likeness (QED) is 0.641. The molecule has 7 nitrogen and oxygen atoms in total. The third-order valence-corrected chi connectivity index (χ3v) is 3.45. The fourth-order valence-corrected chi connectivity index (χ4v) is 2.34. The van der Waals surface area contributed by atoms with Crippen molar-refractivity contribution in [3.05, 3.63) is 39.9 Å². The van der Waals surface area contributed by atoms with E-state index in [0.29, 0.717) is 4.52 Å². The van der Waals surface area contributed by atoms with Crippen LogP contribution < -0.4 is 5.32 Å². The Morgan fingerprint density at radius 2 is 2.08 bits per heavy atom. The molecule has 11 heteroatoms. The molecule has 2 rings (SSSR count). The zero-order valence-corrected chi connectivity index (χ0v) is 14.7. The Bertz CT molecular complexity index is 906. The van der Waals surface area contributed by atoms with Crippen LogP contribution in [0.2, 0.25) is 5.02 Å². The van der Waals surface area contributed by atoms with Crippen LogP contribution in [0.4, 0.5) is 13.2 Å². The minimum Gasteiger partial charge on any atom is -0.463 e. The van der Waals surface area contributed by atoms with Crippen LogP contribution in [0.25, 0.3) is 5.65 Å². The second-order valence-corrected chi connectivity index (χ2v) is 5.59. The molecule has 1 amide bonds. The van der Waals surface area contributed by atoms with Crippen molar-refractivity contribution in [2.75, 3.05) is 6.61 Å². The maximum Gasteiger partial charge on any atom is 0.433 e. The first-order valence-corrected chi connectivity index (χ1v) is 7.71. The Morgan fingerprint density at radius 1 is 1.42 bits per heavy atom. The van der Waals surface area contributed by atoms with Crippen LogP contribution in [0.3, 0.4) is 0 Å². The number of ether oxygens (including phenoxy) is 1. The molecule has 0 saturated carbocycles. The summed E-state index contributed by atoms with van der Waals surface area (Å²) in [4.78, 5) is 27.5. The van der Waals surface area contributed by atoms with Crippen LogP contribution in [0.15, 0.2) is 17.8 Å². The molecule has 0 radical (unpaired) electrons. The van der Waals surface area contributed by atoms with Crippen molar-refractivity contribution in [1.29, 1.82) is 0 Å². The highest BCUT2D eigenvalue weighted by Gasteiger charge is 2.36. The van der Waals surface area contributed by atoms with E-state index in [1.165, 1.54) is 13.8 Å². The number of amides is 1. The number of aromatic nitrogens is 3. The van der Waals surface area contributed by atoms with Gasteiger partial charge >= 0.3 is 12.1 Å². The molecule has 2 heterocycles. The molecule has 1 N–H and O–H groups in total. The molecule has 0 fully saturated rings. The maximum absolute atomic E-state index is 13.2. The summed E-state index contributed by atoms with van der Waals surface area (Å²) >= 11 is 6.00. The van der Waals surface area contributed by atoms with Crippen LogP contribution in [-0.4, -0.2) is 33.1 Å². The Balaban J connectivity index is 2.43. The fraction of sp³-hybridized carbons (Fsp3) is 0.333. The number of allylic oxidation sites excluding steroid dienone is 1. The number of esters is 1. The van der Waals surface area contributed by atoms with Crippen LogP contribution in [-0.2, 0) is 15.7 Å². The summed E-state index contributed by atoms with van der Waals surface area (Å²) in [6.45, 7) is 4.54. The summed E-state index contributed by atoms with van der Waals surface area (Å²) in [5.41, 5.74) is -1.68. The summed E-state index contributed by atoms with van der Waals surface area (Å²) in [6, 6.07) is 0.796. The van der Waals surface area contributed by atoms with Gasteiger partial charge in [-0.25, -0.2) is 14.3 Å². The van der Waals surface area contributed by atoms with E-state index < -0.39 is 29.4 Å². The molecule has 0 aliphatic heterocycles. The van der Waals surface area contributed by atoms with E-state index in [1.807, 2.05) is 0 Å². The van der Waals surface area contributed by atoms with E-state index in [4.69, 9.17) is 16.3 Å². The standard InChI is InChI=1S/C15H14ClF3N4O3/c1-4-26-10(24)6-8(3)21-14(25)12-11(16)13-20-7(2)5-9(15(17,18)19)23(13)22-12/h5-6H,4H2,1-3H3,(H,21,25)/b8-6+. The van der Waals surface area contributed by atoms with Gasteiger partial charge in [0.05, 0.1) is 6.61 Å². The first-order chi connectivity index (χ1) is 12.0. The highest BCUT2D eigenvalue weighted by molar-refractivity contribution is 6.36. The largest absolute Gasteiger partial charge is 0.463 e. The summed E-state index contributed by atoms with van der Waals surface area (Å²) < 4.78 is 44.7. The molecule has 0 saturated heterocycles. The number of carbonyl (C=O) groups excluding carboxylic acids is 2. The number of fused-ring (bicyclic) bond motifs is 1. The lowest BCUT2D eigenvalue weighted by molar-refractivity contribution is -0.142. The van der Waals surface area contributed by atoms with Crippen LogP contribution in [0, 0.1) is 6.92 Å². The van der Waals surface area contributed by atoms with Crippen molar-refractivity contribution in [3.63, 3.8) is 0 Å². The average Bonchev–Trinajstić information content (AvgIpc) is 2.82. The van der Waals surface area contributed by atoms with E-state index >= 15 is 0 Å². The predicted octanol–water partition coefficient (Wildman–Crippen LogP) is 2.91. The van der Waals surface area contributed by atoms with E-state index in [-0.39, 0.29) is 28.7 Å². The van der Waals surface area contributed by atoms with Gasteiger partial charge in [-0.05, 0) is 26.8 Å². The number of halogens is 4. The van der Waals surface area contributed by atoms with Crippen molar-refractivity contribution in [3.8, 4) is 0 Å². The highest BCUT2D eigenvalue weighted by atomic mass is 35.5. The summed E-state index contributed by atoms with van der Waals surface area (Å²) in [7, 11) is 0. The number of nitrogens with zero attached hydrogens (tertiary/aromatic N) is 3. The third-order valence-electron chi connectivity index (χ3n) is 3.10. The Kier molecular flexibility index (Phi) is 5.55. The zero-order chi connectivity index (χ0) is 19.6. The number of nitrogens with one attached hydrogen (secondary N) is 1. The average molecular weight is 391 g/mol. The lowest BCUT2D eigenvalue weighted by atomic mass is 10.3. The van der Waals surface area contributed by atoms with Gasteiger partial charge < -0.3 is 10.1 Å².